The van der Waals surface area contributed by atoms with Crippen LogP contribution in [0.25, 0.3) is 0 Å². The van der Waals surface area contributed by atoms with Crippen molar-refractivity contribution in [3.8, 4) is 0 Å². The number of carbonyl (C=O) groups is 1. The maximum absolute atomic E-state index is 11.7. The summed E-state index contributed by atoms with van der Waals surface area (Å²) in [5, 5.41) is 13.4. The van der Waals surface area contributed by atoms with Crippen LogP contribution in [0.3, 0.4) is 0 Å². The molecule has 1 amide bonds. The molecule has 0 aliphatic rings. The van der Waals surface area contributed by atoms with E-state index in [-0.39, 0.29) is 5.91 Å². The van der Waals surface area contributed by atoms with Gasteiger partial charge in [0, 0.05) is 18.3 Å². The van der Waals surface area contributed by atoms with E-state index in [4.69, 9.17) is 0 Å². The van der Waals surface area contributed by atoms with Gasteiger partial charge in [-0.2, -0.15) is 0 Å². The first-order valence-electron chi connectivity index (χ1n) is 6.77. The number of amides is 1. The summed E-state index contributed by atoms with van der Waals surface area (Å²) in [5.74, 6) is 1.52. The van der Waals surface area contributed by atoms with Crippen molar-refractivity contribution in [1.29, 1.82) is 0 Å². The molecule has 21 heavy (non-hydrogen) atoms. The van der Waals surface area contributed by atoms with Crippen LogP contribution in [-0.4, -0.2) is 38.4 Å². The number of nitrogens with one attached hydrogen (secondary N) is 2. The molecule has 2 N–H and O–H groups in total. The van der Waals surface area contributed by atoms with Crippen LogP contribution in [0.5, 0.6) is 0 Å². The van der Waals surface area contributed by atoms with Gasteiger partial charge < -0.3 is 5.32 Å². The zero-order chi connectivity index (χ0) is 15.2. The lowest BCUT2D eigenvalue weighted by Crippen LogP contribution is -2.27. The Hall–Kier alpha value is -1.41. The normalized spacial score (nSPS) is 11.0. The van der Waals surface area contributed by atoms with Gasteiger partial charge in [0.25, 0.3) is 0 Å². The highest BCUT2D eigenvalue weighted by Crippen LogP contribution is 2.17. The Kier molecular flexibility index (Phi) is 5.75. The summed E-state index contributed by atoms with van der Waals surface area (Å²) in [4.78, 5) is 20.4. The van der Waals surface area contributed by atoms with Gasteiger partial charge in [-0.3, -0.25) is 9.89 Å². The molecule has 0 aromatic carbocycles. The van der Waals surface area contributed by atoms with Crippen molar-refractivity contribution >= 4 is 29.0 Å². The quantitative estimate of drug-likeness (QED) is 0.762. The van der Waals surface area contributed by atoms with Crippen molar-refractivity contribution in [1.82, 2.24) is 25.5 Å². The van der Waals surface area contributed by atoms with Gasteiger partial charge in [-0.05, 0) is 12.8 Å². The van der Waals surface area contributed by atoms with Crippen LogP contribution in [0.15, 0.2) is 10.5 Å². The average Bonchev–Trinajstić information content (AvgIpc) is 3.05. The molecule has 2 aromatic rings. The van der Waals surface area contributed by atoms with E-state index in [1.807, 2.05) is 6.92 Å². The molecule has 0 saturated carbocycles. The maximum atomic E-state index is 11.7. The molecule has 0 aliphatic carbocycles. The molecule has 0 bridgehead atoms. The van der Waals surface area contributed by atoms with Gasteiger partial charge >= 0.3 is 0 Å². The lowest BCUT2D eigenvalue weighted by Gasteiger charge is -2.02. The smallest absolute Gasteiger partial charge is 0.230 e. The number of aryl methyl sites for hydroxylation is 1. The molecule has 2 heterocycles. The van der Waals surface area contributed by atoms with Gasteiger partial charge in [0.2, 0.25) is 11.1 Å². The minimum absolute atomic E-state index is 0.0110. The van der Waals surface area contributed by atoms with Gasteiger partial charge in [-0.15, -0.1) is 16.4 Å². The maximum Gasteiger partial charge on any atom is 0.230 e. The summed E-state index contributed by atoms with van der Waals surface area (Å²) in [6.07, 6.45) is 0.771. The number of carbonyl (C=O) groups excluding carboxylic acids is 1. The first-order valence-corrected chi connectivity index (χ1v) is 8.64. The number of nitrogens with zero attached hydrogens (tertiary/aromatic N) is 3. The van der Waals surface area contributed by atoms with E-state index in [1.165, 1.54) is 11.8 Å². The fourth-order valence-corrected chi connectivity index (χ4v) is 3.22. The minimum atomic E-state index is -0.0110. The second-order valence-corrected chi connectivity index (χ2v) is 6.80. The predicted octanol–water partition coefficient (Wildman–Crippen LogP) is 2.14. The molecule has 114 valence electrons. The number of hydrogen-bond donors (Lipinski definition) is 2. The Balaban J connectivity index is 1.66. The molecule has 0 atom stereocenters. The van der Waals surface area contributed by atoms with Crippen LogP contribution in [0, 0.1) is 6.92 Å². The van der Waals surface area contributed by atoms with E-state index in [0.717, 1.165) is 22.9 Å². The lowest BCUT2D eigenvalue weighted by molar-refractivity contribution is -0.118. The fraction of sp³-hybridized carbons (Fsp3) is 0.538. The number of aromatic amines is 1. The largest absolute Gasteiger partial charge is 0.355 e. The van der Waals surface area contributed by atoms with Gasteiger partial charge in [-0.25, -0.2) is 9.97 Å². The van der Waals surface area contributed by atoms with Crippen LogP contribution in [0.4, 0.5) is 0 Å². The van der Waals surface area contributed by atoms with E-state index in [1.54, 1.807) is 11.3 Å². The molecule has 0 aliphatic heterocycles. The summed E-state index contributed by atoms with van der Waals surface area (Å²) in [5.41, 5.74) is 1.12. The van der Waals surface area contributed by atoms with Crippen molar-refractivity contribution in [2.24, 2.45) is 0 Å². The van der Waals surface area contributed by atoms with E-state index in [0.29, 0.717) is 23.4 Å². The van der Waals surface area contributed by atoms with Crippen molar-refractivity contribution < 1.29 is 4.79 Å². The molecule has 2 aromatic heterocycles. The minimum Gasteiger partial charge on any atom is -0.355 e. The van der Waals surface area contributed by atoms with E-state index in [9.17, 15) is 4.79 Å². The summed E-state index contributed by atoms with van der Waals surface area (Å²) >= 11 is 2.98. The zero-order valence-electron chi connectivity index (χ0n) is 12.3. The summed E-state index contributed by atoms with van der Waals surface area (Å²) < 4.78 is 0. The third-order valence-corrected chi connectivity index (χ3v) is 4.51. The number of H-pyrrole nitrogens is 1. The van der Waals surface area contributed by atoms with Gasteiger partial charge in [0.05, 0.1) is 16.5 Å². The lowest BCUT2D eigenvalue weighted by atomic mass is 10.2. The highest BCUT2D eigenvalue weighted by atomic mass is 32.2. The molecular weight excluding hydrogens is 306 g/mol. The number of rotatable bonds is 7. The molecule has 6 nitrogen and oxygen atoms in total. The standard InChI is InChI=1S/C13H19N5OS2/c1-8(2)10-6-20-12(16-10)4-5-14-11(19)7-21-13-15-9(3)17-18-13/h6,8H,4-5,7H2,1-3H3,(H,14,19)(H,15,17,18). The molecule has 0 saturated heterocycles. The second kappa shape index (κ2) is 7.56. The SMILES string of the molecule is Cc1nc(SCC(=O)NCCc2nc(C(C)C)cs2)n[nH]1. The molecule has 0 fully saturated rings. The average molecular weight is 325 g/mol. The van der Waals surface area contributed by atoms with Gasteiger partial charge in [0.15, 0.2) is 0 Å². The zero-order valence-corrected chi connectivity index (χ0v) is 14.0. The highest BCUT2D eigenvalue weighted by molar-refractivity contribution is 7.99. The predicted molar refractivity (Wildman–Crippen MR) is 84.8 cm³/mol. The Labute approximate surface area is 132 Å². The number of hydrogen-bond acceptors (Lipinski definition) is 6. The van der Waals surface area contributed by atoms with Crippen LogP contribution < -0.4 is 5.32 Å². The third-order valence-electron chi connectivity index (χ3n) is 2.73. The van der Waals surface area contributed by atoms with Gasteiger partial charge in [-0.1, -0.05) is 25.6 Å². The van der Waals surface area contributed by atoms with Crippen molar-refractivity contribution in [3.63, 3.8) is 0 Å². The highest BCUT2D eigenvalue weighted by Gasteiger charge is 2.08. The van der Waals surface area contributed by atoms with Crippen molar-refractivity contribution in [2.75, 3.05) is 12.3 Å². The fourth-order valence-electron chi connectivity index (χ4n) is 1.58. The number of thiazole rings is 1. The number of thioether (sulfide) groups is 1. The van der Waals surface area contributed by atoms with Crippen molar-refractivity contribution in [2.45, 2.75) is 38.3 Å². The van der Waals surface area contributed by atoms with Crippen LogP contribution in [-0.2, 0) is 11.2 Å². The molecule has 8 heteroatoms. The van der Waals surface area contributed by atoms with Crippen molar-refractivity contribution in [3.05, 3.63) is 21.9 Å². The monoisotopic (exact) mass is 325 g/mol. The molecule has 2 rings (SSSR count). The van der Waals surface area contributed by atoms with Crippen LogP contribution in [0.1, 0.15) is 36.3 Å². The topological polar surface area (TPSA) is 83.6 Å². The van der Waals surface area contributed by atoms with Crippen LogP contribution >= 0.6 is 23.1 Å². The summed E-state index contributed by atoms with van der Waals surface area (Å²) in [6, 6.07) is 0. The first-order chi connectivity index (χ1) is 10.0. The van der Waals surface area contributed by atoms with E-state index >= 15 is 0 Å². The molecule has 0 spiro atoms. The van der Waals surface area contributed by atoms with Crippen LogP contribution in [0.2, 0.25) is 0 Å². The first kappa shape index (κ1) is 16.0. The van der Waals surface area contributed by atoms with E-state index in [2.05, 4.69) is 44.7 Å². The summed E-state index contributed by atoms with van der Waals surface area (Å²) in [6.45, 7) is 6.69. The molecule has 0 radical (unpaired) electrons. The summed E-state index contributed by atoms with van der Waals surface area (Å²) in [7, 11) is 0. The molecule has 0 unspecified atom stereocenters. The van der Waals surface area contributed by atoms with Gasteiger partial charge in [0.1, 0.15) is 5.82 Å². The Morgan fingerprint density at radius 2 is 2.29 bits per heavy atom. The number of aromatic nitrogens is 4. The van der Waals surface area contributed by atoms with E-state index < -0.39 is 0 Å². The second-order valence-electron chi connectivity index (χ2n) is 4.91. The third kappa shape index (κ3) is 5.13. The Bertz CT molecular complexity index is 593. The Morgan fingerprint density at radius 1 is 1.48 bits per heavy atom. The molecular formula is C13H19N5OS2. The Morgan fingerprint density at radius 3 is 2.90 bits per heavy atom.